The second kappa shape index (κ2) is 68.3. The summed E-state index contributed by atoms with van der Waals surface area (Å²) in [6.07, 6.45) is 13.3. The van der Waals surface area contributed by atoms with E-state index in [-0.39, 0.29) is 0 Å². The lowest BCUT2D eigenvalue weighted by Gasteiger charge is -2.26. The summed E-state index contributed by atoms with van der Waals surface area (Å²) in [4.78, 5) is 22.5. The van der Waals surface area contributed by atoms with Gasteiger partial charge in [0.2, 0.25) is 0 Å². The third-order valence-electron chi connectivity index (χ3n) is 21.0. The minimum atomic E-state index is -0.467. The van der Waals surface area contributed by atoms with Crippen molar-refractivity contribution in [1.82, 2.24) is 0 Å². The standard InChI is InChI=1S/2C26H21N.C21H17NO2.C20H17N.C20H15N.10C2H6/c1-3-9-22(10-4-1)27(23-11-5-2-6-12-23)24-17-14-21(15-18-24)25-13-7-8-20-16-19-26(20)25;1-3-7-24(8-4-1)27(25-9-5-2-6-10-25)26-17-15-21(16-18-26)23-14-12-20-11-13-22(20)19-23;1-2-21(23)24-20-15-13-19(14-16-20)22(17-9-5-3-6-10-17)18-11-7-4-8-12-18;2*1-2-17-13-15-20(16-14-17)21(18-9-5-3-6-10-18)19-11-7-4-8-12-19;10*1-2/h1-15,17-18H,16,19H2;1-10,12,14-19H,11,13H2;2-16H,1H2;2-16H,1H2;1,3-16H;10*1-2H3. The Morgan fingerprint density at radius 2 is 0.479 bits per heavy atom. The van der Waals surface area contributed by atoms with E-state index in [0.717, 1.165) is 79.8 Å². The average Bonchev–Trinajstić information content (AvgIpc) is 0.792. The van der Waals surface area contributed by atoms with Crippen LogP contribution in [-0.4, -0.2) is 5.97 Å². The molecule has 0 saturated heterocycles. The first-order valence-electron chi connectivity index (χ1n) is 50.5. The largest absolute Gasteiger partial charge is 0.423 e. The molecule has 2 aliphatic rings. The quantitative estimate of drug-likeness (QED) is 0.0326. The summed E-state index contributed by atoms with van der Waals surface area (Å²) in [5.41, 5.74) is 30.2. The zero-order chi connectivity index (χ0) is 102. The van der Waals surface area contributed by atoms with E-state index in [1.54, 1.807) is 12.1 Å². The number of terminal acetylenes is 1. The highest BCUT2D eigenvalue weighted by atomic mass is 16.5. The van der Waals surface area contributed by atoms with E-state index < -0.39 is 5.97 Å². The monoisotopic (exact) mass is 1850 g/mol. The molecule has 0 fully saturated rings. The lowest BCUT2D eigenvalue weighted by molar-refractivity contribution is -0.128. The lowest BCUT2D eigenvalue weighted by Crippen LogP contribution is -2.10. The van der Waals surface area contributed by atoms with Crippen molar-refractivity contribution in [3.63, 3.8) is 0 Å². The SMILES string of the molecule is C#Cc1ccc(N(c2ccccc2)c2ccccc2)cc1.C=CC(=O)Oc1ccc(N(c2ccccc2)c2ccccc2)cc1.C=Cc1ccc(N(c2ccccc2)c2ccccc2)cc1.CC.CC.CC.CC.CC.CC.CC.CC.CC.CC.c1ccc(N(c2ccccc2)c2ccc(-c3ccc4c(c3)CC4)cc2)cc1.c1ccc(N(c2ccccc2)c2ccc(-c3cccc4c3CC4)cc2)cc1. The molecule has 7 nitrogen and oxygen atoms in total. The number of fused-ring (bicyclic) bond motifs is 2. The van der Waals surface area contributed by atoms with Gasteiger partial charge in [0.1, 0.15) is 5.75 Å². The van der Waals surface area contributed by atoms with Crippen molar-refractivity contribution in [2.45, 2.75) is 164 Å². The zero-order valence-corrected chi connectivity index (χ0v) is 86.9. The Kier molecular flexibility index (Phi) is 56.0. The van der Waals surface area contributed by atoms with Gasteiger partial charge in [0.25, 0.3) is 0 Å². The maximum atomic E-state index is 11.3. The van der Waals surface area contributed by atoms with Crippen molar-refractivity contribution in [3.8, 4) is 40.3 Å². The molecule has 720 valence electrons. The summed E-state index contributed by atoms with van der Waals surface area (Å²) in [5, 5.41) is 0. The highest BCUT2D eigenvalue weighted by molar-refractivity contribution is 5.85. The molecule has 0 radical (unpaired) electrons. The topological polar surface area (TPSA) is 42.5 Å². The number of hydrogen-bond donors (Lipinski definition) is 0. The van der Waals surface area contributed by atoms with Gasteiger partial charge >= 0.3 is 5.97 Å². The summed E-state index contributed by atoms with van der Waals surface area (Å²) in [7, 11) is 0. The third kappa shape index (κ3) is 34.2. The predicted octanol–water partition coefficient (Wildman–Crippen LogP) is 40.3. The Morgan fingerprint density at radius 1 is 0.243 bits per heavy atom. The molecule has 17 aromatic carbocycles. The van der Waals surface area contributed by atoms with Crippen molar-refractivity contribution in [3.05, 3.63) is 514 Å². The van der Waals surface area contributed by atoms with Crippen LogP contribution in [0.1, 0.15) is 172 Å². The van der Waals surface area contributed by atoms with Gasteiger partial charge in [0.05, 0.1) is 0 Å². The maximum absolute atomic E-state index is 11.3. The first-order chi connectivity index (χ1) is 69.3. The van der Waals surface area contributed by atoms with Gasteiger partial charge in [-0.05, 0) is 282 Å². The van der Waals surface area contributed by atoms with Crippen LogP contribution in [0.2, 0.25) is 0 Å². The molecule has 0 unspecified atom stereocenters. The molecular formula is C133H151N5O2. The summed E-state index contributed by atoms with van der Waals surface area (Å²) < 4.78 is 5.13. The van der Waals surface area contributed by atoms with Crippen LogP contribution in [0.15, 0.2) is 480 Å². The number of anilines is 15. The molecule has 0 bridgehead atoms. The molecule has 0 aromatic heterocycles. The number of rotatable bonds is 20. The Morgan fingerprint density at radius 3 is 0.714 bits per heavy atom. The van der Waals surface area contributed by atoms with Crippen molar-refractivity contribution >= 4 is 97.4 Å². The molecule has 0 atom stereocenters. The number of para-hydroxylation sites is 10. The number of esters is 1. The van der Waals surface area contributed by atoms with Gasteiger partial charge in [-0.25, -0.2) is 4.79 Å². The van der Waals surface area contributed by atoms with Gasteiger partial charge in [0.15, 0.2) is 0 Å². The number of carbonyl (C=O) groups excluding carboxylic acids is 1. The van der Waals surface area contributed by atoms with E-state index in [1.807, 2.05) is 254 Å². The highest BCUT2D eigenvalue weighted by Crippen LogP contribution is 2.42. The van der Waals surface area contributed by atoms with Crippen LogP contribution in [-0.2, 0) is 30.5 Å². The molecule has 0 heterocycles. The number of hydrogen-bond acceptors (Lipinski definition) is 7. The third-order valence-corrected chi connectivity index (χ3v) is 21.0. The molecule has 7 heteroatoms. The maximum Gasteiger partial charge on any atom is 0.335 e. The average molecular weight is 1850 g/mol. The predicted molar refractivity (Wildman–Crippen MR) is 619 cm³/mol. The smallest absolute Gasteiger partial charge is 0.335 e. The molecule has 0 spiro atoms. The van der Waals surface area contributed by atoms with Crippen LogP contribution in [0, 0.1) is 12.3 Å². The highest BCUT2D eigenvalue weighted by Gasteiger charge is 2.21. The molecule has 140 heavy (non-hydrogen) atoms. The number of carbonyl (C=O) groups is 1. The summed E-state index contributed by atoms with van der Waals surface area (Å²) in [5.74, 6) is 2.68. The number of benzene rings is 17. The van der Waals surface area contributed by atoms with Crippen LogP contribution < -0.4 is 29.2 Å². The second-order valence-electron chi connectivity index (χ2n) is 28.7. The molecular weight excluding hydrogens is 1700 g/mol. The first-order valence-corrected chi connectivity index (χ1v) is 50.5. The van der Waals surface area contributed by atoms with E-state index >= 15 is 0 Å². The molecule has 0 aliphatic heterocycles. The molecule has 0 N–H and O–H groups in total. The van der Waals surface area contributed by atoms with Crippen molar-refractivity contribution in [1.29, 1.82) is 0 Å². The van der Waals surface area contributed by atoms with E-state index in [9.17, 15) is 4.79 Å². The molecule has 17 aromatic rings. The van der Waals surface area contributed by atoms with Crippen LogP contribution in [0.3, 0.4) is 0 Å². The number of ether oxygens (including phenoxy) is 1. The fourth-order valence-corrected chi connectivity index (χ4v) is 14.8. The van der Waals surface area contributed by atoms with E-state index in [2.05, 4.69) is 383 Å². The van der Waals surface area contributed by atoms with Crippen LogP contribution in [0.4, 0.5) is 85.3 Å². The van der Waals surface area contributed by atoms with Gasteiger partial charge in [0, 0.05) is 97.0 Å². The van der Waals surface area contributed by atoms with Crippen LogP contribution in [0.25, 0.3) is 28.3 Å². The van der Waals surface area contributed by atoms with E-state index in [4.69, 9.17) is 11.2 Å². The number of nitrogens with zero attached hydrogens (tertiary/aromatic N) is 5. The second-order valence-corrected chi connectivity index (χ2v) is 28.7. The fourth-order valence-electron chi connectivity index (χ4n) is 14.8. The Balaban J connectivity index is 0.000000296. The summed E-state index contributed by atoms with van der Waals surface area (Å²) in [6, 6.07) is 159. The first kappa shape index (κ1) is 115. The minimum Gasteiger partial charge on any atom is -0.423 e. The van der Waals surface area contributed by atoms with Gasteiger partial charge < -0.3 is 29.2 Å². The van der Waals surface area contributed by atoms with Gasteiger partial charge in [-0.3, -0.25) is 0 Å². The lowest BCUT2D eigenvalue weighted by atomic mass is 9.82. The van der Waals surface area contributed by atoms with Gasteiger partial charge in [-0.1, -0.05) is 418 Å². The molecule has 0 saturated carbocycles. The van der Waals surface area contributed by atoms with Crippen molar-refractivity contribution < 1.29 is 9.53 Å². The fraction of sp³-hybridized carbons (Fsp3) is 0.180. The van der Waals surface area contributed by atoms with Gasteiger partial charge in [-0.2, -0.15) is 0 Å². The normalized spacial score (nSPS) is 9.82. The van der Waals surface area contributed by atoms with E-state index in [1.165, 1.54) is 92.9 Å². The van der Waals surface area contributed by atoms with Crippen molar-refractivity contribution in [2.75, 3.05) is 24.5 Å². The summed E-state index contributed by atoms with van der Waals surface area (Å²) >= 11 is 0. The Bertz CT molecular complexity index is 5930. The minimum absolute atomic E-state index is 0.467. The Labute approximate surface area is 843 Å². The molecule has 2 aliphatic carbocycles. The van der Waals surface area contributed by atoms with Crippen LogP contribution >= 0.6 is 0 Å². The van der Waals surface area contributed by atoms with Crippen LogP contribution in [0.5, 0.6) is 5.75 Å². The van der Waals surface area contributed by atoms with Crippen molar-refractivity contribution in [2.24, 2.45) is 0 Å². The van der Waals surface area contributed by atoms with Gasteiger partial charge in [-0.15, -0.1) is 6.42 Å². The van der Waals surface area contributed by atoms with E-state index in [0.29, 0.717) is 5.75 Å². The molecule has 19 rings (SSSR count). The summed E-state index contributed by atoms with van der Waals surface area (Å²) in [6.45, 7) is 47.2. The number of aryl methyl sites for hydroxylation is 3. The molecule has 0 amide bonds. The zero-order valence-electron chi connectivity index (χ0n) is 86.9. The Hall–Kier alpha value is -15.8.